The Kier molecular flexibility index (Phi) is 8.55. The molecule has 0 bridgehead atoms. The van der Waals surface area contributed by atoms with Gasteiger partial charge in [-0.3, -0.25) is 0 Å². The predicted octanol–water partition coefficient (Wildman–Crippen LogP) is -0.406. The standard InChI is InChI=1S/C13H9.C7H10.2ClH.Zr/c1-3-7-12-10(5-1)9-11-6-2-4-8-13(11)12;1-2-7-5-3-4-6-7;;;/h1-9H;3-5H,2,6H2,1H3;2*1H;/q;;;;+2/p-2. The van der Waals surface area contributed by atoms with Crippen LogP contribution < -0.4 is 24.8 Å². The first-order chi connectivity index (χ1) is 10.3. The summed E-state index contributed by atoms with van der Waals surface area (Å²) in [4.78, 5) is 0. The SMILES string of the molecule is CCC1=CC=CC1.[Cl-].[Cl-].[Zr+2][CH]1c2ccccc2-c2ccccc21. The van der Waals surface area contributed by atoms with Gasteiger partial charge in [-0.15, -0.1) is 0 Å². The fraction of sp³-hybridized carbons (Fsp3) is 0.200. The third-order valence-electron chi connectivity index (χ3n) is 4.14. The molecule has 0 aliphatic heterocycles. The molecule has 2 aliphatic carbocycles. The molecule has 0 radical (unpaired) electrons. The first-order valence-electron chi connectivity index (χ1n) is 7.55. The summed E-state index contributed by atoms with van der Waals surface area (Å²) >= 11 is 1.58. The minimum atomic E-state index is 0. The van der Waals surface area contributed by atoms with Crippen LogP contribution in [0.15, 0.2) is 72.3 Å². The van der Waals surface area contributed by atoms with E-state index in [9.17, 15) is 0 Å². The molecule has 0 heterocycles. The molecular formula is C20H19Cl2Zr. The molecule has 0 saturated carbocycles. The van der Waals surface area contributed by atoms with Crippen LogP contribution in [-0.4, -0.2) is 0 Å². The molecular weight excluding hydrogens is 402 g/mol. The van der Waals surface area contributed by atoms with E-state index in [0.29, 0.717) is 3.63 Å². The van der Waals surface area contributed by atoms with Crippen LogP contribution in [-0.2, 0) is 24.7 Å². The van der Waals surface area contributed by atoms with Crippen LogP contribution in [0.5, 0.6) is 0 Å². The number of fused-ring (bicyclic) bond motifs is 3. The van der Waals surface area contributed by atoms with Gasteiger partial charge in [-0.2, -0.15) is 0 Å². The number of allylic oxidation sites excluding steroid dienone is 4. The Bertz CT molecular complexity index is 659. The molecule has 0 N–H and O–H groups in total. The predicted molar refractivity (Wildman–Crippen MR) is 85.9 cm³/mol. The minimum absolute atomic E-state index is 0. The van der Waals surface area contributed by atoms with Gasteiger partial charge in [-0.1, -0.05) is 30.7 Å². The van der Waals surface area contributed by atoms with Crippen LogP contribution in [0.4, 0.5) is 0 Å². The summed E-state index contributed by atoms with van der Waals surface area (Å²) in [5.41, 5.74) is 7.44. The number of benzene rings is 2. The third kappa shape index (κ3) is 4.47. The van der Waals surface area contributed by atoms with Gasteiger partial charge in [0.15, 0.2) is 0 Å². The van der Waals surface area contributed by atoms with E-state index in [1.54, 1.807) is 30.3 Å². The molecule has 4 rings (SSSR count). The fourth-order valence-corrected chi connectivity index (χ4v) is 4.15. The molecule has 0 saturated heterocycles. The van der Waals surface area contributed by atoms with Crippen molar-refractivity contribution in [3.8, 4) is 11.1 Å². The summed E-state index contributed by atoms with van der Waals surface area (Å²) in [5.74, 6) is 0. The molecule has 0 unspecified atom stereocenters. The van der Waals surface area contributed by atoms with Crippen LogP contribution >= 0.6 is 0 Å². The quantitative estimate of drug-likeness (QED) is 0.588. The number of hydrogen-bond acceptors (Lipinski definition) is 0. The number of hydrogen-bond donors (Lipinski definition) is 0. The zero-order chi connectivity index (χ0) is 14.7. The van der Waals surface area contributed by atoms with Gasteiger partial charge >= 0.3 is 99.1 Å². The Morgan fingerprint density at radius 1 is 0.913 bits per heavy atom. The van der Waals surface area contributed by atoms with E-state index in [4.69, 9.17) is 0 Å². The molecule has 0 amide bonds. The average Bonchev–Trinajstić information content (AvgIpc) is 3.17. The van der Waals surface area contributed by atoms with Crippen LogP contribution in [0.2, 0.25) is 0 Å². The van der Waals surface area contributed by atoms with Crippen LogP contribution in [0.25, 0.3) is 11.1 Å². The maximum absolute atomic E-state index is 2.26. The van der Waals surface area contributed by atoms with Gasteiger partial charge in [0, 0.05) is 0 Å². The molecule has 0 nitrogen and oxygen atoms in total. The van der Waals surface area contributed by atoms with Crippen molar-refractivity contribution in [3.05, 3.63) is 83.5 Å². The van der Waals surface area contributed by atoms with Gasteiger partial charge in [0.2, 0.25) is 0 Å². The van der Waals surface area contributed by atoms with Crippen molar-refractivity contribution in [2.45, 2.75) is 23.4 Å². The zero-order valence-corrected chi connectivity index (χ0v) is 17.1. The molecule has 2 aromatic rings. The first-order valence-corrected chi connectivity index (χ1v) is 8.97. The van der Waals surface area contributed by atoms with Gasteiger partial charge < -0.3 is 24.8 Å². The topological polar surface area (TPSA) is 0 Å². The number of halogens is 2. The van der Waals surface area contributed by atoms with Crippen LogP contribution in [0, 0.1) is 0 Å². The van der Waals surface area contributed by atoms with E-state index in [1.807, 2.05) is 0 Å². The van der Waals surface area contributed by atoms with Crippen molar-refractivity contribution >= 4 is 0 Å². The normalized spacial score (nSPS) is 13.8. The van der Waals surface area contributed by atoms with E-state index < -0.39 is 0 Å². The fourth-order valence-electron chi connectivity index (χ4n) is 2.91. The van der Waals surface area contributed by atoms with E-state index >= 15 is 0 Å². The van der Waals surface area contributed by atoms with Crippen molar-refractivity contribution in [2.24, 2.45) is 0 Å². The van der Waals surface area contributed by atoms with Gasteiger partial charge in [0.25, 0.3) is 0 Å². The summed E-state index contributed by atoms with van der Waals surface area (Å²) in [7, 11) is 0. The average molecular weight is 422 g/mol. The summed E-state index contributed by atoms with van der Waals surface area (Å²) in [6, 6.07) is 17.5. The van der Waals surface area contributed by atoms with Crippen molar-refractivity contribution in [2.75, 3.05) is 0 Å². The summed E-state index contributed by atoms with van der Waals surface area (Å²) in [6.45, 7) is 2.19. The monoisotopic (exact) mass is 419 g/mol. The van der Waals surface area contributed by atoms with Gasteiger partial charge in [0.1, 0.15) is 0 Å². The third-order valence-corrected chi connectivity index (χ3v) is 5.66. The molecule has 0 fully saturated rings. The summed E-state index contributed by atoms with van der Waals surface area (Å²) in [5, 5.41) is 0. The van der Waals surface area contributed by atoms with Crippen molar-refractivity contribution in [3.63, 3.8) is 0 Å². The first kappa shape index (κ1) is 20.4. The molecule has 0 aromatic heterocycles. The molecule has 23 heavy (non-hydrogen) atoms. The Morgan fingerprint density at radius 2 is 1.43 bits per heavy atom. The van der Waals surface area contributed by atoms with Crippen LogP contribution in [0.3, 0.4) is 0 Å². The summed E-state index contributed by atoms with van der Waals surface area (Å²) < 4.78 is 0.648. The summed E-state index contributed by atoms with van der Waals surface area (Å²) in [6.07, 6.45) is 8.92. The Labute approximate surface area is 166 Å². The Morgan fingerprint density at radius 3 is 1.83 bits per heavy atom. The van der Waals surface area contributed by atoms with Crippen molar-refractivity contribution in [1.29, 1.82) is 0 Å². The van der Waals surface area contributed by atoms with Crippen molar-refractivity contribution < 1.29 is 49.5 Å². The van der Waals surface area contributed by atoms with Crippen molar-refractivity contribution in [1.82, 2.24) is 0 Å². The van der Waals surface area contributed by atoms with E-state index in [-0.39, 0.29) is 24.8 Å². The second kappa shape index (κ2) is 9.62. The van der Waals surface area contributed by atoms with E-state index in [2.05, 4.69) is 73.7 Å². The second-order valence-corrected chi connectivity index (χ2v) is 6.84. The Hall–Kier alpha value is -0.617. The zero-order valence-electron chi connectivity index (χ0n) is 13.1. The van der Waals surface area contributed by atoms with Gasteiger partial charge in [0.05, 0.1) is 0 Å². The van der Waals surface area contributed by atoms with E-state index in [0.717, 1.165) is 0 Å². The second-order valence-electron chi connectivity index (χ2n) is 5.42. The molecule has 3 heteroatoms. The molecule has 2 aliphatic rings. The maximum atomic E-state index is 2.26. The number of rotatable bonds is 1. The molecule has 0 spiro atoms. The molecule has 0 atom stereocenters. The van der Waals surface area contributed by atoms with Gasteiger partial charge in [-0.05, 0) is 12.8 Å². The molecule has 2 aromatic carbocycles. The molecule has 117 valence electrons. The van der Waals surface area contributed by atoms with E-state index in [1.165, 1.54) is 35.1 Å². The van der Waals surface area contributed by atoms with Gasteiger partial charge in [-0.25, -0.2) is 0 Å². The van der Waals surface area contributed by atoms with Crippen LogP contribution in [0.1, 0.15) is 34.5 Å². The Balaban J connectivity index is 0.000000255.